The van der Waals surface area contributed by atoms with E-state index in [1.807, 2.05) is 18.2 Å². The molecule has 1 fully saturated rings. The molecule has 2 aromatic carbocycles. The van der Waals surface area contributed by atoms with Crippen molar-refractivity contribution in [3.8, 4) is 0 Å². The molecular formula is C24H32ClNO. The quantitative estimate of drug-likeness (QED) is 0.678. The molecule has 2 aromatic rings. The number of rotatable bonds is 6. The number of nitrogens with zero attached hydrogens (tertiary/aromatic N) is 1. The lowest BCUT2D eigenvalue weighted by Gasteiger charge is -2.46. The lowest BCUT2D eigenvalue weighted by Crippen LogP contribution is -2.47. The first-order valence-corrected chi connectivity index (χ1v) is 10.5. The average molecular weight is 386 g/mol. The predicted octanol–water partition coefficient (Wildman–Crippen LogP) is 5.81. The van der Waals surface area contributed by atoms with Crippen molar-refractivity contribution in [3.63, 3.8) is 0 Å². The topological polar surface area (TPSA) is 23.5 Å². The Morgan fingerprint density at radius 1 is 1.11 bits per heavy atom. The van der Waals surface area contributed by atoms with E-state index in [0.29, 0.717) is 0 Å². The molecule has 0 aliphatic heterocycles. The van der Waals surface area contributed by atoms with E-state index in [9.17, 15) is 5.11 Å². The van der Waals surface area contributed by atoms with Crippen LogP contribution in [-0.4, -0.2) is 29.7 Å². The molecule has 146 valence electrons. The van der Waals surface area contributed by atoms with Crippen LogP contribution in [0.5, 0.6) is 0 Å². The van der Waals surface area contributed by atoms with Crippen molar-refractivity contribution in [2.45, 2.75) is 57.1 Å². The van der Waals surface area contributed by atoms with Crippen LogP contribution in [0.25, 0.3) is 0 Å². The van der Waals surface area contributed by atoms with Gasteiger partial charge in [-0.25, -0.2) is 0 Å². The van der Waals surface area contributed by atoms with Crippen LogP contribution in [-0.2, 0) is 6.42 Å². The Bertz CT molecular complexity index is 760. The van der Waals surface area contributed by atoms with Crippen LogP contribution in [0, 0.1) is 12.8 Å². The number of benzene rings is 2. The molecule has 0 aromatic heterocycles. The van der Waals surface area contributed by atoms with Crippen molar-refractivity contribution in [2.24, 2.45) is 5.92 Å². The smallest absolute Gasteiger partial charge is 0.0697 e. The van der Waals surface area contributed by atoms with Gasteiger partial charge in [0.25, 0.3) is 0 Å². The van der Waals surface area contributed by atoms with Gasteiger partial charge < -0.3 is 10.0 Å². The minimum atomic E-state index is -0.658. The number of aliphatic hydroxyl groups is 1. The van der Waals surface area contributed by atoms with E-state index in [-0.39, 0.29) is 12.0 Å². The first-order chi connectivity index (χ1) is 12.9. The summed E-state index contributed by atoms with van der Waals surface area (Å²) < 4.78 is 0. The second kappa shape index (κ2) is 8.77. The van der Waals surface area contributed by atoms with Gasteiger partial charge in [-0.3, -0.25) is 0 Å². The molecule has 0 spiro atoms. The van der Waals surface area contributed by atoms with Gasteiger partial charge in [-0.2, -0.15) is 0 Å². The van der Waals surface area contributed by atoms with Gasteiger partial charge in [0, 0.05) is 17.0 Å². The predicted molar refractivity (Wildman–Crippen MR) is 114 cm³/mol. The van der Waals surface area contributed by atoms with Crippen LogP contribution in [0.15, 0.2) is 48.5 Å². The molecule has 1 aliphatic carbocycles. The van der Waals surface area contributed by atoms with E-state index in [0.717, 1.165) is 42.7 Å². The van der Waals surface area contributed by atoms with Gasteiger partial charge in [0.15, 0.2) is 0 Å². The molecule has 3 rings (SSSR count). The molecule has 1 N–H and O–H groups in total. The van der Waals surface area contributed by atoms with Gasteiger partial charge >= 0.3 is 0 Å². The average Bonchev–Trinajstić information content (AvgIpc) is 2.64. The highest BCUT2D eigenvalue weighted by Gasteiger charge is 2.44. The van der Waals surface area contributed by atoms with Crippen LogP contribution in [0.1, 0.15) is 54.8 Å². The van der Waals surface area contributed by atoms with E-state index in [1.54, 1.807) is 0 Å². The summed E-state index contributed by atoms with van der Waals surface area (Å²) in [5.41, 5.74) is 3.12. The van der Waals surface area contributed by atoms with Gasteiger partial charge in [-0.05, 0) is 69.5 Å². The molecule has 0 saturated heterocycles. The molecule has 0 radical (unpaired) electrons. The number of hydrogen-bond acceptors (Lipinski definition) is 2. The highest BCUT2D eigenvalue weighted by Crippen LogP contribution is 2.47. The van der Waals surface area contributed by atoms with Crippen molar-refractivity contribution in [2.75, 3.05) is 14.1 Å². The summed E-state index contributed by atoms with van der Waals surface area (Å²) in [6.45, 7) is 2.16. The third kappa shape index (κ3) is 4.56. The third-order valence-corrected chi connectivity index (χ3v) is 6.66. The van der Waals surface area contributed by atoms with Crippen molar-refractivity contribution >= 4 is 11.6 Å². The summed E-state index contributed by atoms with van der Waals surface area (Å²) >= 11 is 6.56. The zero-order chi connectivity index (χ0) is 19.4. The minimum absolute atomic E-state index is 0.126. The molecule has 0 bridgehead atoms. The number of hydrogen-bond donors (Lipinski definition) is 1. The lowest BCUT2D eigenvalue weighted by atomic mass is 9.67. The molecule has 3 unspecified atom stereocenters. The van der Waals surface area contributed by atoms with E-state index in [1.165, 1.54) is 17.5 Å². The fraction of sp³-hybridized carbons (Fsp3) is 0.500. The van der Waals surface area contributed by atoms with E-state index < -0.39 is 5.60 Å². The van der Waals surface area contributed by atoms with Crippen LogP contribution in [0.3, 0.4) is 0 Å². The second-order valence-electron chi connectivity index (χ2n) is 8.31. The Kier molecular flexibility index (Phi) is 6.62. The molecule has 3 atom stereocenters. The molecule has 27 heavy (non-hydrogen) atoms. The summed E-state index contributed by atoms with van der Waals surface area (Å²) in [7, 11) is 4.20. The van der Waals surface area contributed by atoms with Crippen molar-refractivity contribution < 1.29 is 5.11 Å². The maximum absolute atomic E-state index is 11.8. The van der Waals surface area contributed by atoms with Gasteiger partial charge in [-0.1, -0.05) is 66.9 Å². The summed E-state index contributed by atoms with van der Waals surface area (Å²) in [6, 6.07) is 16.7. The van der Waals surface area contributed by atoms with Gasteiger partial charge in [0.05, 0.1) is 5.60 Å². The molecule has 0 heterocycles. The molecule has 1 saturated carbocycles. The third-order valence-electron chi connectivity index (χ3n) is 6.31. The largest absolute Gasteiger partial charge is 0.390 e. The molecule has 0 amide bonds. The molecule has 1 aliphatic rings. The number of halogens is 1. The lowest BCUT2D eigenvalue weighted by molar-refractivity contribution is -0.0828. The summed E-state index contributed by atoms with van der Waals surface area (Å²) in [5.74, 6) is 0.185. The minimum Gasteiger partial charge on any atom is -0.390 e. The zero-order valence-corrected chi connectivity index (χ0v) is 17.5. The van der Waals surface area contributed by atoms with E-state index in [4.69, 9.17) is 11.6 Å². The van der Waals surface area contributed by atoms with E-state index >= 15 is 0 Å². The van der Waals surface area contributed by atoms with Crippen LogP contribution < -0.4 is 0 Å². The van der Waals surface area contributed by atoms with Crippen LogP contribution >= 0.6 is 11.6 Å². The van der Waals surface area contributed by atoms with Crippen molar-refractivity contribution in [3.05, 3.63) is 70.2 Å². The number of aryl methyl sites for hydroxylation is 2. The first kappa shape index (κ1) is 20.4. The van der Waals surface area contributed by atoms with Gasteiger partial charge in [0.1, 0.15) is 0 Å². The second-order valence-corrected chi connectivity index (χ2v) is 8.72. The molecular weight excluding hydrogens is 354 g/mol. The van der Waals surface area contributed by atoms with Crippen LogP contribution in [0.2, 0.25) is 5.02 Å². The first-order valence-electron chi connectivity index (χ1n) is 10.1. The summed E-state index contributed by atoms with van der Waals surface area (Å²) in [6.07, 6.45) is 5.91. The zero-order valence-electron chi connectivity index (χ0n) is 16.8. The Hall–Kier alpha value is -1.35. The van der Waals surface area contributed by atoms with Gasteiger partial charge in [-0.15, -0.1) is 0 Å². The molecule has 2 nitrogen and oxygen atoms in total. The fourth-order valence-corrected chi connectivity index (χ4v) is 5.07. The Balaban J connectivity index is 1.88. The summed E-state index contributed by atoms with van der Waals surface area (Å²) in [5, 5.41) is 12.6. The Labute approximate surface area is 169 Å². The fourth-order valence-electron chi connectivity index (χ4n) is 4.82. The van der Waals surface area contributed by atoms with Crippen molar-refractivity contribution in [1.29, 1.82) is 0 Å². The highest BCUT2D eigenvalue weighted by atomic mass is 35.5. The maximum Gasteiger partial charge on any atom is 0.0697 e. The maximum atomic E-state index is 11.8. The molecule has 3 heteroatoms. The van der Waals surface area contributed by atoms with E-state index in [2.05, 4.69) is 56.3 Å². The highest BCUT2D eigenvalue weighted by molar-refractivity contribution is 6.31. The standard InChI is InChI=1S/C24H32ClNO/c1-18-10-4-5-11-19(18)15-17-24(27)16-9-8-13-21(24)23(26(2)3)20-12-6-7-14-22(20)25/h4-7,10-12,14,21,23,27H,8-9,13,15-17H2,1-3H3. The Morgan fingerprint density at radius 3 is 2.52 bits per heavy atom. The van der Waals surface area contributed by atoms with Crippen LogP contribution in [0.4, 0.5) is 0 Å². The monoisotopic (exact) mass is 385 g/mol. The Morgan fingerprint density at radius 2 is 1.81 bits per heavy atom. The SMILES string of the molecule is Cc1ccccc1CCC1(O)CCCCC1C(c1ccccc1Cl)N(C)C. The van der Waals surface area contributed by atoms with Gasteiger partial charge in [0.2, 0.25) is 0 Å². The van der Waals surface area contributed by atoms with Crippen molar-refractivity contribution in [1.82, 2.24) is 4.90 Å². The normalized spacial score (nSPS) is 24.1. The summed E-state index contributed by atoms with van der Waals surface area (Å²) in [4.78, 5) is 2.23.